The Balaban J connectivity index is 1.32. The van der Waals surface area contributed by atoms with Crippen LogP contribution in [0.3, 0.4) is 0 Å². The summed E-state index contributed by atoms with van der Waals surface area (Å²) in [5.74, 6) is 1.30. The number of likely N-dealkylation sites (tertiary alicyclic amines) is 3. The van der Waals surface area contributed by atoms with Crippen LogP contribution < -0.4 is 0 Å². The highest BCUT2D eigenvalue weighted by atomic mass is 16.2. The Kier molecular flexibility index (Phi) is 5.99. The molecule has 1 aromatic rings. The molecule has 6 nitrogen and oxygen atoms in total. The summed E-state index contributed by atoms with van der Waals surface area (Å²) in [6.07, 6.45) is 12.4. The van der Waals surface area contributed by atoms with Crippen LogP contribution in [0.5, 0.6) is 0 Å². The molecule has 5 rings (SSSR count). The van der Waals surface area contributed by atoms with Crippen LogP contribution in [0.15, 0.2) is 24.5 Å². The molecule has 4 fully saturated rings. The second kappa shape index (κ2) is 8.77. The summed E-state index contributed by atoms with van der Waals surface area (Å²) in [4.78, 5) is 37.6. The average Bonchev–Trinajstić information content (AvgIpc) is 3.50. The summed E-state index contributed by atoms with van der Waals surface area (Å²) in [6.45, 7) is 8.04. The minimum absolute atomic E-state index is 0.0135. The first-order valence-corrected chi connectivity index (χ1v) is 12.7. The highest BCUT2D eigenvalue weighted by Gasteiger charge is 2.64. The summed E-state index contributed by atoms with van der Waals surface area (Å²) < 4.78 is 0. The first-order valence-electron chi connectivity index (χ1n) is 12.7. The highest BCUT2D eigenvalue weighted by Crippen LogP contribution is 2.58. The lowest BCUT2D eigenvalue weighted by molar-refractivity contribution is -0.144. The molecule has 0 radical (unpaired) electrons. The van der Waals surface area contributed by atoms with Crippen molar-refractivity contribution >= 4 is 11.8 Å². The van der Waals surface area contributed by atoms with Crippen molar-refractivity contribution in [2.45, 2.75) is 64.8 Å². The van der Waals surface area contributed by atoms with Crippen LogP contribution in [0.4, 0.5) is 0 Å². The predicted octanol–water partition coefficient (Wildman–Crippen LogP) is 3.32. The monoisotopic (exact) mass is 438 g/mol. The lowest BCUT2D eigenvalue weighted by Gasteiger charge is -2.47. The number of amides is 2. The maximum Gasteiger partial charge on any atom is 0.230 e. The molecule has 32 heavy (non-hydrogen) atoms. The van der Waals surface area contributed by atoms with Crippen molar-refractivity contribution in [3.05, 3.63) is 30.1 Å². The number of carbonyl (C=O) groups is 2. The van der Waals surface area contributed by atoms with Crippen LogP contribution in [0.2, 0.25) is 0 Å². The molecule has 1 saturated carbocycles. The largest absolute Gasteiger partial charge is 0.343 e. The van der Waals surface area contributed by atoms with Gasteiger partial charge < -0.3 is 9.80 Å². The van der Waals surface area contributed by atoms with E-state index < -0.39 is 0 Å². The fourth-order valence-corrected chi connectivity index (χ4v) is 7.24. The summed E-state index contributed by atoms with van der Waals surface area (Å²) in [5, 5.41) is 0. The van der Waals surface area contributed by atoms with Crippen LogP contribution in [0.1, 0.15) is 63.9 Å². The molecule has 1 atom stereocenters. The van der Waals surface area contributed by atoms with Gasteiger partial charge in [0, 0.05) is 70.0 Å². The number of rotatable bonds is 5. The van der Waals surface area contributed by atoms with Gasteiger partial charge in [-0.25, -0.2) is 0 Å². The number of nitrogens with zero attached hydrogens (tertiary/aromatic N) is 4. The number of piperidine rings is 1. The van der Waals surface area contributed by atoms with Crippen molar-refractivity contribution in [2.75, 3.05) is 39.3 Å². The van der Waals surface area contributed by atoms with Crippen molar-refractivity contribution in [2.24, 2.45) is 16.7 Å². The Bertz CT molecular complexity index is 829. The number of carbonyl (C=O) groups excluding carboxylic acids is 2. The van der Waals surface area contributed by atoms with E-state index in [-0.39, 0.29) is 10.8 Å². The molecule has 3 aliphatic heterocycles. The molecule has 6 heteroatoms. The van der Waals surface area contributed by atoms with Crippen molar-refractivity contribution < 1.29 is 9.59 Å². The third-order valence-corrected chi connectivity index (χ3v) is 9.06. The van der Waals surface area contributed by atoms with Gasteiger partial charge in [0.15, 0.2) is 0 Å². The molecule has 1 unspecified atom stereocenters. The van der Waals surface area contributed by atoms with Crippen LogP contribution >= 0.6 is 0 Å². The van der Waals surface area contributed by atoms with Gasteiger partial charge in [0.25, 0.3) is 0 Å². The Morgan fingerprint density at radius 3 is 2.56 bits per heavy atom. The normalized spacial score (nSPS) is 28.5. The van der Waals surface area contributed by atoms with Gasteiger partial charge in [0.1, 0.15) is 0 Å². The molecular formula is C26H38N4O2. The van der Waals surface area contributed by atoms with Crippen molar-refractivity contribution in [3.63, 3.8) is 0 Å². The van der Waals surface area contributed by atoms with Gasteiger partial charge in [-0.2, -0.15) is 0 Å². The van der Waals surface area contributed by atoms with E-state index in [1.165, 1.54) is 31.2 Å². The van der Waals surface area contributed by atoms with E-state index in [9.17, 15) is 9.59 Å². The highest BCUT2D eigenvalue weighted by molar-refractivity contribution is 5.87. The average molecular weight is 439 g/mol. The number of hydrogen-bond acceptors (Lipinski definition) is 4. The summed E-state index contributed by atoms with van der Waals surface area (Å²) in [7, 11) is 0. The third-order valence-electron chi connectivity index (χ3n) is 9.06. The minimum atomic E-state index is -0.286. The number of fused-ring (bicyclic) bond motifs is 1. The fourth-order valence-electron chi connectivity index (χ4n) is 7.24. The summed E-state index contributed by atoms with van der Waals surface area (Å²) in [6, 6.07) is 4.12. The molecule has 2 spiro atoms. The lowest BCUT2D eigenvalue weighted by atomic mass is 9.60. The second-order valence-electron chi connectivity index (χ2n) is 10.7. The fraction of sp³-hybridized carbons (Fsp3) is 0.731. The minimum Gasteiger partial charge on any atom is -0.343 e. The van der Waals surface area contributed by atoms with Gasteiger partial charge in [-0.05, 0) is 56.6 Å². The van der Waals surface area contributed by atoms with E-state index in [0.717, 1.165) is 71.5 Å². The molecule has 2 amide bonds. The topological polar surface area (TPSA) is 56.8 Å². The Hall–Kier alpha value is -1.95. The smallest absolute Gasteiger partial charge is 0.230 e. The molecule has 4 heterocycles. The first kappa shape index (κ1) is 21.9. The van der Waals surface area contributed by atoms with Crippen molar-refractivity contribution in [1.82, 2.24) is 19.7 Å². The SMILES string of the molecule is CCN1CCC2(CN(Cc3cccnc3)CC23CCN(C(=O)CC2CCCC2)CC3)C1=O. The summed E-state index contributed by atoms with van der Waals surface area (Å²) >= 11 is 0. The second-order valence-corrected chi connectivity index (χ2v) is 10.7. The van der Waals surface area contributed by atoms with Crippen LogP contribution in [-0.4, -0.2) is 70.8 Å². The van der Waals surface area contributed by atoms with E-state index in [1.807, 2.05) is 18.5 Å². The molecule has 3 saturated heterocycles. The van der Waals surface area contributed by atoms with Gasteiger partial charge in [0.2, 0.25) is 11.8 Å². The molecule has 4 aliphatic rings. The lowest BCUT2D eigenvalue weighted by Crippen LogP contribution is -2.53. The quantitative estimate of drug-likeness (QED) is 0.708. The summed E-state index contributed by atoms with van der Waals surface area (Å²) in [5.41, 5.74) is 0.910. The molecule has 174 valence electrons. The third kappa shape index (κ3) is 3.74. The molecule has 1 aromatic heterocycles. The Morgan fingerprint density at radius 2 is 1.91 bits per heavy atom. The molecule has 0 N–H and O–H groups in total. The zero-order valence-corrected chi connectivity index (χ0v) is 19.6. The zero-order valence-electron chi connectivity index (χ0n) is 19.6. The number of aromatic nitrogens is 1. The van der Waals surface area contributed by atoms with Gasteiger partial charge in [-0.3, -0.25) is 19.5 Å². The van der Waals surface area contributed by atoms with E-state index in [1.54, 1.807) is 0 Å². The van der Waals surface area contributed by atoms with Gasteiger partial charge in [0.05, 0.1) is 5.41 Å². The number of hydrogen-bond donors (Lipinski definition) is 0. The molecule has 0 aromatic carbocycles. The van der Waals surface area contributed by atoms with Crippen LogP contribution in [0.25, 0.3) is 0 Å². The van der Waals surface area contributed by atoms with Crippen molar-refractivity contribution in [1.29, 1.82) is 0 Å². The Morgan fingerprint density at radius 1 is 1.12 bits per heavy atom. The van der Waals surface area contributed by atoms with E-state index >= 15 is 0 Å². The first-order chi connectivity index (χ1) is 15.6. The molecule has 0 bridgehead atoms. The van der Waals surface area contributed by atoms with E-state index in [4.69, 9.17) is 0 Å². The van der Waals surface area contributed by atoms with Gasteiger partial charge in [-0.15, -0.1) is 0 Å². The van der Waals surface area contributed by atoms with E-state index in [0.29, 0.717) is 17.7 Å². The van der Waals surface area contributed by atoms with Crippen LogP contribution in [-0.2, 0) is 16.1 Å². The van der Waals surface area contributed by atoms with Gasteiger partial charge >= 0.3 is 0 Å². The van der Waals surface area contributed by atoms with Gasteiger partial charge in [-0.1, -0.05) is 18.9 Å². The standard InChI is InChI=1S/C26H38N4O2/c1-2-29-15-11-26(24(29)32)20-28(18-22-8-5-12-27-17-22)19-25(26)9-13-30(14-10-25)23(31)16-21-6-3-4-7-21/h5,8,12,17,21H,2-4,6-7,9-11,13-16,18-20H2,1H3. The zero-order chi connectivity index (χ0) is 22.2. The molecule has 1 aliphatic carbocycles. The molecular weight excluding hydrogens is 400 g/mol. The van der Waals surface area contributed by atoms with E-state index in [2.05, 4.69) is 32.7 Å². The maximum absolute atomic E-state index is 13.7. The Labute approximate surface area is 192 Å². The van der Waals surface area contributed by atoms with Crippen molar-refractivity contribution in [3.8, 4) is 0 Å². The van der Waals surface area contributed by atoms with Crippen LogP contribution in [0, 0.1) is 16.7 Å². The number of pyridine rings is 1. The maximum atomic E-state index is 13.7. The predicted molar refractivity (Wildman–Crippen MR) is 124 cm³/mol.